The molecule has 6 heteroatoms. The molecule has 0 saturated heterocycles. The summed E-state index contributed by atoms with van der Waals surface area (Å²) in [5.41, 5.74) is 1.48. The SMILES string of the molecule is O=C(Nc1cccnc1)C1CCC(Cn2cnc3ccccc3c2=O)CC1. The van der Waals surface area contributed by atoms with Crippen molar-refractivity contribution in [3.63, 3.8) is 0 Å². The number of hydrogen-bond acceptors (Lipinski definition) is 4. The van der Waals surface area contributed by atoms with E-state index in [1.165, 1.54) is 0 Å². The summed E-state index contributed by atoms with van der Waals surface area (Å²) in [5, 5.41) is 3.60. The molecule has 1 aliphatic rings. The number of hydrogen-bond donors (Lipinski definition) is 1. The molecule has 0 radical (unpaired) electrons. The number of nitrogens with zero attached hydrogens (tertiary/aromatic N) is 3. The maximum Gasteiger partial charge on any atom is 0.261 e. The molecule has 1 saturated carbocycles. The summed E-state index contributed by atoms with van der Waals surface area (Å²) in [6.07, 6.45) is 8.53. The molecule has 0 spiro atoms. The molecule has 1 N–H and O–H groups in total. The highest BCUT2D eigenvalue weighted by Crippen LogP contribution is 2.30. The van der Waals surface area contributed by atoms with Gasteiger partial charge in [0.1, 0.15) is 0 Å². The fourth-order valence-corrected chi connectivity index (χ4v) is 3.80. The number of para-hydroxylation sites is 1. The van der Waals surface area contributed by atoms with Crippen LogP contribution in [-0.4, -0.2) is 20.4 Å². The van der Waals surface area contributed by atoms with Gasteiger partial charge in [-0.3, -0.25) is 19.1 Å². The number of nitrogens with one attached hydrogen (secondary N) is 1. The second-order valence-electron chi connectivity index (χ2n) is 7.17. The van der Waals surface area contributed by atoms with Crippen LogP contribution < -0.4 is 10.9 Å². The first-order valence-electron chi connectivity index (χ1n) is 9.36. The summed E-state index contributed by atoms with van der Waals surface area (Å²) in [7, 11) is 0. The first-order chi connectivity index (χ1) is 13.2. The van der Waals surface area contributed by atoms with E-state index in [2.05, 4.69) is 15.3 Å². The monoisotopic (exact) mass is 362 g/mol. The summed E-state index contributed by atoms with van der Waals surface area (Å²) in [5.74, 6) is 0.479. The van der Waals surface area contributed by atoms with Crippen LogP contribution >= 0.6 is 0 Å². The van der Waals surface area contributed by atoms with Crippen LogP contribution in [-0.2, 0) is 11.3 Å². The van der Waals surface area contributed by atoms with Crippen LogP contribution in [0.4, 0.5) is 5.69 Å². The van der Waals surface area contributed by atoms with Crippen LogP contribution in [0.2, 0.25) is 0 Å². The Morgan fingerprint density at radius 1 is 1.11 bits per heavy atom. The zero-order valence-electron chi connectivity index (χ0n) is 15.0. The Bertz CT molecular complexity index is 992. The third kappa shape index (κ3) is 3.89. The van der Waals surface area contributed by atoms with Gasteiger partial charge in [0.15, 0.2) is 0 Å². The van der Waals surface area contributed by atoms with Crippen LogP contribution in [0.25, 0.3) is 10.9 Å². The molecule has 1 amide bonds. The van der Waals surface area contributed by atoms with E-state index in [1.807, 2.05) is 36.4 Å². The maximum absolute atomic E-state index is 12.6. The van der Waals surface area contributed by atoms with Crippen molar-refractivity contribution < 1.29 is 4.79 Å². The summed E-state index contributed by atoms with van der Waals surface area (Å²) >= 11 is 0. The molecule has 0 bridgehead atoms. The molecule has 3 aromatic rings. The van der Waals surface area contributed by atoms with Crippen molar-refractivity contribution in [2.75, 3.05) is 5.32 Å². The van der Waals surface area contributed by atoms with Crippen LogP contribution in [0.1, 0.15) is 25.7 Å². The van der Waals surface area contributed by atoms with E-state index >= 15 is 0 Å². The van der Waals surface area contributed by atoms with E-state index in [0.29, 0.717) is 17.8 Å². The van der Waals surface area contributed by atoms with Crippen molar-refractivity contribution in [3.8, 4) is 0 Å². The van der Waals surface area contributed by atoms with Gasteiger partial charge in [-0.1, -0.05) is 12.1 Å². The molecule has 0 aliphatic heterocycles. The Hall–Kier alpha value is -3.02. The third-order valence-corrected chi connectivity index (χ3v) is 5.33. The van der Waals surface area contributed by atoms with Crippen molar-refractivity contribution >= 4 is 22.5 Å². The average Bonchev–Trinajstić information content (AvgIpc) is 2.71. The normalized spacial score (nSPS) is 19.7. The lowest BCUT2D eigenvalue weighted by molar-refractivity contribution is -0.121. The standard InChI is InChI=1S/C21H22N4O2/c26-20(24-17-4-3-11-22-12-17)16-9-7-15(8-10-16)13-25-14-23-19-6-2-1-5-18(19)21(25)27/h1-6,11-12,14-16H,7-10,13H2,(H,24,26). The van der Waals surface area contributed by atoms with Gasteiger partial charge < -0.3 is 5.32 Å². The van der Waals surface area contributed by atoms with Crippen molar-refractivity contribution in [1.82, 2.24) is 14.5 Å². The molecule has 1 aromatic carbocycles. The van der Waals surface area contributed by atoms with E-state index in [0.717, 1.165) is 36.9 Å². The molecule has 1 aliphatic carbocycles. The topological polar surface area (TPSA) is 76.9 Å². The molecule has 6 nitrogen and oxygen atoms in total. The second-order valence-corrected chi connectivity index (χ2v) is 7.17. The number of aromatic nitrogens is 3. The third-order valence-electron chi connectivity index (χ3n) is 5.33. The maximum atomic E-state index is 12.6. The number of carbonyl (C=O) groups excluding carboxylic acids is 1. The van der Waals surface area contributed by atoms with E-state index in [4.69, 9.17) is 0 Å². The summed E-state index contributed by atoms with van der Waals surface area (Å²) < 4.78 is 1.71. The molecule has 138 valence electrons. The molecule has 4 rings (SSSR count). The number of rotatable bonds is 4. The highest BCUT2D eigenvalue weighted by atomic mass is 16.2. The van der Waals surface area contributed by atoms with Gasteiger partial charge in [-0.05, 0) is 55.9 Å². The quantitative estimate of drug-likeness (QED) is 0.773. The van der Waals surface area contributed by atoms with E-state index in [1.54, 1.807) is 23.3 Å². The van der Waals surface area contributed by atoms with Crippen LogP contribution in [0.15, 0.2) is 59.9 Å². The number of pyridine rings is 1. The number of amides is 1. The lowest BCUT2D eigenvalue weighted by Crippen LogP contribution is -2.30. The highest BCUT2D eigenvalue weighted by molar-refractivity contribution is 5.92. The smallest absolute Gasteiger partial charge is 0.261 e. The molecule has 0 atom stereocenters. The van der Waals surface area contributed by atoms with Gasteiger partial charge in [-0.2, -0.15) is 0 Å². The molecule has 2 aromatic heterocycles. The van der Waals surface area contributed by atoms with Crippen molar-refractivity contribution in [2.45, 2.75) is 32.2 Å². The number of fused-ring (bicyclic) bond motifs is 1. The fraction of sp³-hybridized carbons (Fsp3) is 0.333. The summed E-state index contributed by atoms with van der Waals surface area (Å²) in [4.78, 5) is 33.5. The van der Waals surface area contributed by atoms with Crippen LogP contribution in [0.5, 0.6) is 0 Å². The van der Waals surface area contributed by atoms with Gasteiger partial charge in [0.2, 0.25) is 5.91 Å². The predicted molar refractivity (Wildman–Crippen MR) is 104 cm³/mol. The van der Waals surface area contributed by atoms with Gasteiger partial charge >= 0.3 is 0 Å². The minimum Gasteiger partial charge on any atom is -0.324 e. The molecule has 0 unspecified atom stereocenters. The lowest BCUT2D eigenvalue weighted by Gasteiger charge is -2.28. The zero-order valence-corrected chi connectivity index (χ0v) is 15.0. The first kappa shape index (κ1) is 17.4. The number of benzene rings is 1. The lowest BCUT2D eigenvalue weighted by atomic mass is 9.81. The van der Waals surface area contributed by atoms with Crippen molar-refractivity contribution in [2.24, 2.45) is 11.8 Å². The summed E-state index contributed by atoms with van der Waals surface area (Å²) in [6.45, 7) is 0.660. The van der Waals surface area contributed by atoms with Crippen LogP contribution in [0.3, 0.4) is 0 Å². The molecule has 27 heavy (non-hydrogen) atoms. The number of anilines is 1. The molecule has 1 fully saturated rings. The van der Waals surface area contributed by atoms with Gasteiger partial charge in [0, 0.05) is 18.7 Å². The minimum atomic E-state index is 0.0112. The van der Waals surface area contributed by atoms with Gasteiger partial charge in [-0.25, -0.2) is 4.98 Å². The van der Waals surface area contributed by atoms with E-state index < -0.39 is 0 Å². The van der Waals surface area contributed by atoms with Gasteiger partial charge in [-0.15, -0.1) is 0 Å². The van der Waals surface area contributed by atoms with Crippen molar-refractivity contribution in [3.05, 3.63) is 65.5 Å². The molecular weight excluding hydrogens is 340 g/mol. The Morgan fingerprint density at radius 2 is 1.93 bits per heavy atom. The van der Waals surface area contributed by atoms with E-state index in [9.17, 15) is 9.59 Å². The Balaban J connectivity index is 1.36. The Kier molecular flexibility index (Phi) is 4.96. The number of carbonyl (C=O) groups is 1. The van der Waals surface area contributed by atoms with Crippen LogP contribution in [0, 0.1) is 11.8 Å². The Morgan fingerprint density at radius 3 is 2.70 bits per heavy atom. The average molecular weight is 362 g/mol. The van der Waals surface area contributed by atoms with E-state index in [-0.39, 0.29) is 17.4 Å². The largest absolute Gasteiger partial charge is 0.324 e. The van der Waals surface area contributed by atoms with Crippen molar-refractivity contribution in [1.29, 1.82) is 0 Å². The molecule has 2 heterocycles. The zero-order chi connectivity index (χ0) is 18.6. The highest BCUT2D eigenvalue weighted by Gasteiger charge is 2.26. The van der Waals surface area contributed by atoms with Gasteiger partial charge in [0.05, 0.1) is 29.1 Å². The fourth-order valence-electron chi connectivity index (χ4n) is 3.80. The first-order valence-corrected chi connectivity index (χ1v) is 9.36. The second kappa shape index (κ2) is 7.70. The minimum absolute atomic E-state index is 0.0112. The molecular formula is C21H22N4O2. The van der Waals surface area contributed by atoms with Gasteiger partial charge in [0.25, 0.3) is 5.56 Å². The summed E-state index contributed by atoms with van der Waals surface area (Å²) in [6, 6.07) is 11.1. The predicted octanol–water partition coefficient (Wildman–Crippen LogP) is 3.24. The Labute approximate surface area is 157 Å².